The predicted molar refractivity (Wildman–Crippen MR) is 100 cm³/mol. The molecule has 1 amide bonds. The number of hydrogen-bond acceptors (Lipinski definition) is 6. The normalized spacial score (nSPS) is 15.2. The van der Waals surface area contributed by atoms with Crippen molar-refractivity contribution in [3.63, 3.8) is 0 Å². The molecule has 1 aliphatic rings. The fraction of sp³-hybridized carbons (Fsp3) is 0.250. The quantitative estimate of drug-likeness (QED) is 0.680. The summed E-state index contributed by atoms with van der Waals surface area (Å²) < 4.78 is 16.6. The number of H-pyrrole nitrogens is 1. The Morgan fingerprint density at radius 2 is 1.93 bits per heavy atom. The number of carbonyl (C=O) groups is 2. The number of nitrogens with one attached hydrogen (secondary N) is 1. The van der Waals surface area contributed by atoms with E-state index in [2.05, 4.69) is 10.2 Å². The van der Waals surface area contributed by atoms with Crippen molar-refractivity contribution in [3.05, 3.63) is 54.2 Å². The molecule has 4 rings (SSSR count). The van der Waals surface area contributed by atoms with Crippen molar-refractivity contribution in [2.45, 2.75) is 6.10 Å². The topological polar surface area (TPSA) is 93.8 Å². The lowest BCUT2D eigenvalue weighted by Gasteiger charge is -2.29. The van der Waals surface area contributed by atoms with Crippen LogP contribution < -0.4 is 9.47 Å². The van der Waals surface area contributed by atoms with Gasteiger partial charge in [-0.05, 0) is 18.2 Å². The lowest BCUT2D eigenvalue weighted by molar-refractivity contribution is -0.134. The molecule has 144 valence electrons. The van der Waals surface area contributed by atoms with Crippen LogP contribution in [0.4, 0.5) is 0 Å². The monoisotopic (exact) mass is 381 g/mol. The second-order valence-electron chi connectivity index (χ2n) is 6.47. The Hall–Kier alpha value is -3.55. The largest absolute Gasteiger partial charge is 0.486 e. The van der Waals surface area contributed by atoms with Crippen molar-refractivity contribution in [1.82, 2.24) is 15.1 Å². The highest BCUT2D eigenvalue weighted by molar-refractivity contribution is 6.02. The summed E-state index contributed by atoms with van der Waals surface area (Å²) in [6.45, 7) is 0.282. The third-order valence-electron chi connectivity index (χ3n) is 4.46. The van der Waals surface area contributed by atoms with Crippen LogP contribution in [0, 0.1) is 0 Å². The smallest absolute Gasteiger partial charge is 0.359 e. The molecule has 1 atom stereocenters. The molecule has 0 aliphatic carbocycles. The maximum absolute atomic E-state index is 12.3. The van der Waals surface area contributed by atoms with Crippen molar-refractivity contribution >= 4 is 22.8 Å². The van der Waals surface area contributed by atoms with Gasteiger partial charge in [-0.2, -0.15) is 5.10 Å². The number of carbonyl (C=O) groups excluding carboxylic acids is 2. The van der Waals surface area contributed by atoms with E-state index in [0.717, 1.165) is 5.52 Å². The van der Waals surface area contributed by atoms with Crippen LogP contribution in [0.5, 0.6) is 11.5 Å². The number of amides is 1. The Morgan fingerprint density at radius 3 is 2.79 bits per heavy atom. The number of aromatic amines is 1. The molecule has 0 saturated carbocycles. The number of nitrogens with zero attached hydrogens (tertiary/aromatic N) is 2. The molecule has 8 nitrogen and oxygen atoms in total. The Bertz CT molecular complexity index is 1020. The summed E-state index contributed by atoms with van der Waals surface area (Å²) in [5, 5.41) is 7.39. The SMILES string of the molecule is CN(C[C@H]1COc2ccccc2O1)C(=O)COC(=O)c1n[nH]c2ccccc12. The van der Waals surface area contributed by atoms with Gasteiger partial charge in [-0.15, -0.1) is 0 Å². The summed E-state index contributed by atoms with van der Waals surface area (Å²) in [6.07, 6.45) is -0.296. The van der Waals surface area contributed by atoms with E-state index >= 15 is 0 Å². The summed E-state index contributed by atoms with van der Waals surface area (Å²) in [7, 11) is 1.63. The first kappa shape index (κ1) is 17.8. The highest BCUT2D eigenvalue weighted by atomic mass is 16.6. The maximum Gasteiger partial charge on any atom is 0.359 e. The molecule has 3 aromatic rings. The van der Waals surface area contributed by atoms with E-state index in [0.29, 0.717) is 30.0 Å². The van der Waals surface area contributed by atoms with Crippen LogP contribution >= 0.6 is 0 Å². The number of aromatic nitrogens is 2. The first-order chi connectivity index (χ1) is 13.6. The van der Waals surface area contributed by atoms with Crippen molar-refractivity contribution in [1.29, 1.82) is 0 Å². The molecule has 28 heavy (non-hydrogen) atoms. The molecule has 2 heterocycles. The number of ether oxygens (including phenoxy) is 3. The second kappa shape index (κ2) is 7.59. The summed E-state index contributed by atoms with van der Waals surface area (Å²) in [4.78, 5) is 26.0. The van der Waals surface area contributed by atoms with Gasteiger partial charge in [0.25, 0.3) is 5.91 Å². The van der Waals surface area contributed by atoms with Gasteiger partial charge >= 0.3 is 5.97 Å². The van der Waals surface area contributed by atoms with Gasteiger partial charge in [-0.3, -0.25) is 9.89 Å². The molecule has 0 bridgehead atoms. The molecule has 1 N–H and O–H groups in total. The number of rotatable bonds is 5. The Labute approximate surface area is 161 Å². The number of hydrogen-bond donors (Lipinski definition) is 1. The van der Waals surface area contributed by atoms with Crippen LogP contribution in [0.3, 0.4) is 0 Å². The number of esters is 1. The lowest BCUT2D eigenvalue weighted by atomic mass is 10.2. The predicted octanol–water partition coefficient (Wildman–Crippen LogP) is 2.02. The minimum atomic E-state index is -0.648. The van der Waals surface area contributed by atoms with Crippen LogP contribution in [0.1, 0.15) is 10.5 Å². The molecule has 0 saturated heterocycles. The van der Waals surface area contributed by atoms with Gasteiger partial charge in [0.15, 0.2) is 29.9 Å². The molecule has 0 spiro atoms. The van der Waals surface area contributed by atoms with Crippen molar-refractivity contribution in [3.8, 4) is 11.5 Å². The van der Waals surface area contributed by atoms with Gasteiger partial charge in [0.1, 0.15) is 6.61 Å². The van der Waals surface area contributed by atoms with Crippen LogP contribution in [0.2, 0.25) is 0 Å². The number of benzene rings is 2. The zero-order valence-corrected chi connectivity index (χ0v) is 15.3. The number of likely N-dealkylation sites (N-methyl/N-ethyl adjacent to an activating group) is 1. The van der Waals surface area contributed by atoms with Gasteiger partial charge < -0.3 is 19.1 Å². The van der Waals surface area contributed by atoms with E-state index in [1.165, 1.54) is 4.90 Å². The number of para-hydroxylation sites is 3. The molecule has 1 aromatic heterocycles. The maximum atomic E-state index is 12.3. The van der Waals surface area contributed by atoms with Crippen LogP contribution in [0.25, 0.3) is 10.9 Å². The Kier molecular flexibility index (Phi) is 4.84. The third-order valence-corrected chi connectivity index (χ3v) is 4.46. The van der Waals surface area contributed by atoms with Gasteiger partial charge in [0.2, 0.25) is 0 Å². The standard InChI is InChI=1S/C20H19N3O5/c1-23(10-13-11-26-16-8-4-5-9-17(16)28-13)18(24)12-27-20(25)19-14-6-2-3-7-15(14)21-22-19/h2-9,13H,10-12H2,1H3,(H,21,22)/t13-/m0/s1. The van der Waals surface area contributed by atoms with Gasteiger partial charge in [0, 0.05) is 12.4 Å². The Morgan fingerprint density at radius 1 is 1.18 bits per heavy atom. The third kappa shape index (κ3) is 3.62. The molecule has 8 heteroatoms. The van der Waals surface area contributed by atoms with E-state index in [4.69, 9.17) is 14.2 Å². The lowest BCUT2D eigenvalue weighted by Crippen LogP contribution is -2.43. The van der Waals surface area contributed by atoms with Crippen LogP contribution in [-0.4, -0.2) is 59.9 Å². The van der Waals surface area contributed by atoms with E-state index in [1.54, 1.807) is 19.2 Å². The zero-order valence-electron chi connectivity index (χ0n) is 15.3. The summed E-state index contributed by atoms with van der Waals surface area (Å²) in [5.74, 6) is 0.352. The second-order valence-corrected chi connectivity index (χ2v) is 6.47. The highest BCUT2D eigenvalue weighted by Gasteiger charge is 2.24. The Balaban J connectivity index is 1.31. The van der Waals surface area contributed by atoms with Gasteiger partial charge in [0.05, 0.1) is 12.1 Å². The van der Waals surface area contributed by atoms with E-state index in [1.807, 2.05) is 36.4 Å². The average Bonchev–Trinajstić information content (AvgIpc) is 3.16. The molecule has 0 unspecified atom stereocenters. The fourth-order valence-corrected chi connectivity index (χ4v) is 2.99. The minimum Gasteiger partial charge on any atom is -0.486 e. The molecule has 1 aliphatic heterocycles. The molecule has 0 radical (unpaired) electrons. The molecule has 0 fully saturated rings. The zero-order chi connectivity index (χ0) is 19.5. The molecule has 2 aromatic carbocycles. The molecular weight excluding hydrogens is 362 g/mol. The average molecular weight is 381 g/mol. The van der Waals surface area contributed by atoms with Crippen molar-refractivity contribution in [2.75, 3.05) is 26.8 Å². The van der Waals surface area contributed by atoms with Gasteiger partial charge in [-0.25, -0.2) is 4.79 Å². The van der Waals surface area contributed by atoms with Crippen LogP contribution in [-0.2, 0) is 9.53 Å². The highest BCUT2D eigenvalue weighted by Crippen LogP contribution is 2.30. The minimum absolute atomic E-state index is 0.159. The van der Waals surface area contributed by atoms with E-state index < -0.39 is 5.97 Å². The summed E-state index contributed by atoms with van der Waals surface area (Å²) in [6, 6.07) is 14.6. The summed E-state index contributed by atoms with van der Waals surface area (Å²) in [5.41, 5.74) is 0.888. The number of fused-ring (bicyclic) bond motifs is 2. The van der Waals surface area contributed by atoms with Gasteiger partial charge in [-0.1, -0.05) is 30.3 Å². The fourth-order valence-electron chi connectivity index (χ4n) is 2.99. The molecular formula is C20H19N3O5. The first-order valence-corrected chi connectivity index (χ1v) is 8.84. The van der Waals surface area contributed by atoms with Crippen molar-refractivity contribution in [2.24, 2.45) is 0 Å². The van der Waals surface area contributed by atoms with Crippen LogP contribution in [0.15, 0.2) is 48.5 Å². The van der Waals surface area contributed by atoms with E-state index in [9.17, 15) is 9.59 Å². The first-order valence-electron chi connectivity index (χ1n) is 8.84. The van der Waals surface area contributed by atoms with E-state index in [-0.39, 0.29) is 24.3 Å². The summed E-state index contributed by atoms with van der Waals surface area (Å²) >= 11 is 0. The van der Waals surface area contributed by atoms with Crippen molar-refractivity contribution < 1.29 is 23.8 Å².